The van der Waals surface area contributed by atoms with Crippen molar-refractivity contribution < 1.29 is 4.74 Å². The van der Waals surface area contributed by atoms with Gasteiger partial charge < -0.3 is 10.5 Å². The summed E-state index contributed by atoms with van der Waals surface area (Å²) in [6.45, 7) is 2.89. The molecule has 1 aromatic rings. The highest BCUT2D eigenvalue weighted by molar-refractivity contribution is 5.96. The molecule has 1 fully saturated rings. The molecule has 0 radical (unpaired) electrons. The predicted molar refractivity (Wildman–Crippen MR) is 72.8 cm³/mol. The molecule has 0 bridgehead atoms. The molecule has 3 N–H and O–H groups in total. The Morgan fingerprint density at radius 2 is 2.28 bits per heavy atom. The molecule has 18 heavy (non-hydrogen) atoms. The number of ether oxygens (including phenoxy) is 1. The first-order valence-electron chi connectivity index (χ1n) is 6.38. The summed E-state index contributed by atoms with van der Waals surface area (Å²) in [5.74, 6) is 0.144. The molecule has 1 aliphatic heterocycles. The van der Waals surface area contributed by atoms with Crippen molar-refractivity contribution in [1.29, 1.82) is 5.41 Å². The smallest absolute Gasteiger partial charge is 0.123 e. The van der Waals surface area contributed by atoms with Gasteiger partial charge >= 0.3 is 0 Å². The van der Waals surface area contributed by atoms with Crippen molar-refractivity contribution >= 4 is 5.84 Å². The minimum absolute atomic E-state index is 0.144. The summed E-state index contributed by atoms with van der Waals surface area (Å²) in [6.07, 6.45) is 2.64. The summed E-state index contributed by atoms with van der Waals surface area (Å²) in [7, 11) is 1.78. The number of benzene rings is 1. The van der Waals surface area contributed by atoms with Crippen molar-refractivity contribution in [2.45, 2.75) is 25.5 Å². The van der Waals surface area contributed by atoms with E-state index in [-0.39, 0.29) is 5.84 Å². The first-order valence-corrected chi connectivity index (χ1v) is 6.38. The highest BCUT2D eigenvalue weighted by atomic mass is 16.5. The third kappa shape index (κ3) is 3.09. The van der Waals surface area contributed by atoms with Gasteiger partial charge in [-0.1, -0.05) is 24.3 Å². The molecule has 2 rings (SSSR count). The van der Waals surface area contributed by atoms with Crippen LogP contribution in [0.4, 0.5) is 0 Å². The van der Waals surface area contributed by atoms with Crippen LogP contribution in [0.5, 0.6) is 0 Å². The number of likely N-dealkylation sites (tertiary alicyclic amines) is 1. The maximum atomic E-state index is 7.60. The zero-order chi connectivity index (χ0) is 13.0. The minimum atomic E-state index is 0.144. The minimum Gasteiger partial charge on any atom is -0.384 e. The van der Waals surface area contributed by atoms with Crippen LogP contribution < -0.4 is 5.73 Å². The Labute approximate surface area is 108 Å². The average molecular weight is 247 g/mol. The Bertz CT molecular complexity index is 419. The molecule has 4 nitrogen and oxygen atoms in total. The van der Waals surface area contributed by atoms with Gasteiger partial charge in [0.25, 0.3) is 0 Å². The number of nitrogens with zero attached hydrogens (tertiary/aromatic N) is 1. The Morgan fingerprint density at radius 1 is 1.50 bits per heavy atom. The molecule has 1 aromatic carbocycles. The largest absolute Gasteiger partial charge is 0.384 e. The maximum absolute atomic E-state index is 7.60. The topological polar surface area (TPSA) is 62.3 Å². The molecule has 98 valence electrons. The predicted octanol–water partition coefficient (Wildman–Crippen LogP) is 1.58. The van der Waals surface area contributed by atoms with Gasteiger partial charge in [0.2, 0.25) is 0 Å². The molecule has 1 aliphatic rings. The van der Waals surface area contributed by atoms with Gasteiger partial charge in [0.15, 0.2) is 0 Å². The van der Waals surface area contributed by atoms with Crippen LogP contribution in [0.2, 0.25) is 0 Å². The van der Waals surface area contributed by atoms with Crippen LogP contribution in [0, 0.1) is 5.41 Å². The van der Waals surface area contributed by atoms with Gasteiger partial charge in [-0.25, -0.2) is 0 Å². The second-order valence-electron chi connectivity index (χ2n) is 4.81. The summed E-state index contributed by atoms with van der Waals surface area (Å²) in [4.78, 5) is 2.37. The Morgan fingerprint density at radius 3 is 3.00 bits per heavy atom. The van der Waals surface area contributed by atoms with E-state index in [9.17, 15) is 0 Å². The van der Waals surface area contributed by atoms with E-state index in [2.05, 4.69) is 4.90 Å². The molecule has 1 atom stereocenters. The molecular weight excluding hydrogens is 226 g/mol. The van der Waals surface area contributed by atoms with Crippen molar-refractivity contribution in [3.05, 3.63) is 35.4 Å². The van der Waals surface area contributed by atoms with Gasteiger partial charge in [-0.05, 0) is 24.9 Å². The average Bonchev–Trinajstić information content (AvgIpc) is 2.39. The van der Waals surface area contributed by atoms with Crippen molar-refractivity contribution in [2.24, 2.45) is 5.73 Å². The number of rotatable bonds is 4. The number of hydrogen-bond donors (Lipinski definition) is 2. The molecular formula is C14H21N3O. The number of nitrogens with two attached hydrogens (primary N) is 1. The van der Waals surface area contributed by atoms with Crippen molar-refractivity contribution in [2.75, 3.05) is 20.2 Å². The highest BCUT2D eigenvalue weighted by Crippen LogP contribution is 2.17. The molecule has 1 unspecified atom stereocenters. The van der Waals surface area contributed by atoms with Crippen LogP contribution in [0.1, 0.15) is 24.0 Å². The van der Waals surface area contributed by atoms with Crippen LogP contribution in [0.25, 0.3) is 0 Å². The lowest BCUT2D eigenvalue weighted by atomic mass is 10.0. The fourth-order valence-corrected chi connectivity index (χ4v) is 2.51. The van der Waals surface area contributed by atoms with Gasteiger partial charge in [0.05, 0.1) is 6.10 Å². The SMILES string of the molecule is COC1CCCN(Cc2ccccc2C(=N)N)C1. The Hall–Kier alpha value is -1.39. The molecule has 0 amide bonds. The van der Waals surface area contributed by atoms with Crippen molar-refractivity contribution in [3.8, 4) is 0 Å². The summed E-state index contributed by atoms with van der Waals surface area (Å²) in [5.41, 5.74) is 7.58. The summed E-state index contributed by atoms with van der Waals surface area (Å²) >= 11 is 0. The van der Waals surface area contributed by atoms with Crippen LogP contribution in [0.15, 0.2) is 24.3 Å². The third-order valence-electron chi connectivity index (χ3n) is 3.50. The number of nitrogens with one attached hydrogen (secondary N) is 1. The molecule has 0 spiro atoms. The van der Waals surface area contributed by atoms with Gasteiger partial charge in [-0.3, -0.25) is 10.3 Å². The van der Waals surface area contributed by atoms with Gasteiger partial charge in [-0.2, -0.15) is 0 Å². The number of hydrogen-bond acceptors (Lipinski definition) is 3. The molecule has 4 heteroatoms. The number of methoxy groups -OCH3 is 1. The lowest BCUT2D eigenvalue weighted by Crippen LogP contribution is -2.39. The van der Waals surface area contributed by atoms with E-state index in [1.165, 1.54) is 6.42 Å². The van der Waals surface area contributed by atoms with E-state index in [1.807, 2.05) is 24.3 Å². The van der Waals surface area contributed by atoms with E-state index >= 15 is 0 Å². The molecule has 1 saturated heterocycles. The first kappa shape index (κ1) is 13.1. The van der Waals surface area contributed by atoms with E-state index < -0.39 is 0 Å². The Kier molecular flexibility index (Phi) is 4.33. The normalized spacial score (nSPS) is 20.8. The van der Waals surface area contributed by atoms with Crippen LogP contribution >= 0.6 is 0 Å². The Balaban J connectivity index is 2.07. The number of nitrogen functional groups attached to an aromatic ring is 1. The molecule has 0 aromatic heterocycles. The fraction of sp³-hybridized carbons (Fsp3) is 0.500. The highest BCUT2D eigenvalue weighted by Gasteiger charge is 2.20. The standard InChI is InChI=1S/C14H21N3O/c1-18-12-6-4-8-17(10-12)9-11-5-2-3-7-13(11)14(15)16/h2-3,5,7,12H,4,6,8-10H2,1H3,(H3,15,16). The van der Waals surface area contributed by atoms with Gasteiger partial charge in [-0.15, -0.1) is 0 Å². The lowest BCUT2D eigenvalue weighted by molar-refractivity contribution is 0.0285. The van der Waals surface area contributed by atoms with E-state index in [0.717, 1.165) is 37.2 Å². The van der Waals surface area contributed by atoms with Gasteiger partial charge in [0.1, 0.15) is 5.84 Å². The fourth-order valence-electron chi connectivity index (χ4n) is 2.51. The van der Waals surface area contributed by atoms with E-state index in [4.69, 9.17) is 15.9 Å². The van der Waals surface area contributed by atoms with Crippen molar-refractivity contribution in [3.63, 3.8) is 0 Å². The maximum Gasteiger partial charge on any atom is 0.123 e. The quantitative estimate of drug-likeness (QED) is 0.627. The zero-order valence-electron chi connectivity index (χ0n) is 10.9. The summed E-state index contributed by atoms with van der Waals surface area (Å²) < 4.78 is 5.43. The number of piperidine rings is 1. The summed E-state index contributed by atoms with van der Waals surface area (Å²) in [5, 5.41) is 7.60. The van der Waals surface area contributed by atoms with Crippen molar-refractivity contribution in [1.82, 2.24) is 4.90 Å². The van der Waals surface area contributed by atoms with E-state index in [0.29, 0.717) is 6.10 Å². The zero-order valence-corrected chi connectivity index (χ0v) is 10.9. The van der Waals surface area contributed by atoms with Crippen LogP contribution in [-0.4, -0.2) is 37.0 Å². The number of amidine groups is 1. The van der Waals surface area contributed by atoms with Gasteiger partial charge in [0, 0.05) is 25.8 Å². The molecule has 1 heterocycles. The van der Waals surface area contributed by atoms with Crippen LogP contribution in [0.3, 0.4) is 0 Å². The summed E-state index contributed by atoms with van der Waals surface area (Å²) in [6, 6.07) is 7.89. The molecule has 0 saturated carbocycles. The third-order valence-corrected chi connectivity index (χ3v) is 3.50. The monoisotopic (exact) mass is 247 g/mol. The molecule has 0 aliphatic carbocycles. The van der Waals surface area contributed by atoms with E-state index in [1.54, 1.807) is 7.11 Å². The van der Waals surface area contributed by atoms with Crippen LogP contribution in [-0.2, 0) is 11.3 Å². The second kappa shape index (κ2) is 5.98. The lowest BCUT2D eigenvalue weighted by Gasteiger charge is -2.32. The second-order valence-corrected chi connectivity index (χ2v) is 4.81. The first-order chi connectivity index (χ1) is 8.70.